The van der Waals surface area contributed by atoms with Crippen LogP contribution >= 0.6 is 0 Å². The summed E-state index contributed by atoms with van der Waals surface area (Å²) in [5.74, 6) is 0.554. The van der Waals surface area contributed by atoms with Gasteiger partial charge in [-0.05, 0) is 37.5 Å². The lowest BCUT2D eigenvalue weighted by molar-refractivity contribution is 0.0752. The molecule has 0 unspecified atom stereocenters. The van der Waals surface area contributed by atoms with E-state index in [1.165, 1.54) is 0 Å². The van der Waals surface area contributed by atoms with Gasteiger partial charge < -0.3 is 9.80 Å². The van der Waals surface area contributed by atoms with E-state index in [1.54, 1.807) is 23.2 Å². The molecule has 4 rings (SSSR count). The van der Waals surface area contributed by atoms with Crippen molar-refractivity contribution in [2.24, 2.45) is 0 Å². The lowest BCUT2D eigenvalue weighted by Crippen LogP contribution is -2.31. The van der Waals surface area contributed by atoms with E-state index in [9.17, 15) is 4.79 Å². The predicted molar refractivity (Wildman–Crippen MR) is 120 cm³/mol. The fourth-order valence-corrected chi connectivity index (χ4v) is 3.82. The first-order chi connectivity index (χ1) is 15.2. The molecule has 2 heterocycles. The molecule has 6 nitrogen and oxygen atoms in total. The van der Waals surface area contributed by atoms with Crippen molar-refractivity contribution in [3.05, 3.63) is 77.5 Å². The SMILES string of the molecule is CCN(Cc1ccccc1)C(=O)c1cnc(N2CCCC2)nc1-c1ccc(C#N)cc1. The number of aromatic nitrogens is 2. The summed E-state index contributed by atoms with van der Waals surface area (Å²) >= 11 is 0. The number of anilines is 1. The molecule has 0 atom stereocenters. The lowest BCUT2D eigenvalue weighted by Gasteiger charge is -2.23. The minimum Gasteiger partial charge on any atom is -0.341 e. The number of benzene rings is 2. The molecule has 1 fully saturated rings. The van der Waals surface area contributed by atoms with Crippen LogP contribution in [0.3, 0.4) is 0 Å². The fraction of sp³-hybridized carbons (Fsp3) is 0.280. The first kappa shape index (κ1) is 20.5. The number of hydrogen-bond acceptors (Lipinski definition) is 5. The molecule has 1 aromatic heterocycles. The van der Waals surface area contributed by atoms with Crippen molar-refractivity contribution >= 4 is 11.9 Å². The first-order valence-corrected chi connectivity index (χ1v) is 10.7. The Kier molecular flexibility index (Phi) is 6.23. The van der Waals surface area contributed by atoms with Gasteiger partial charge in [-0.15, -0.1) is 0 Å². The Morgan fingerprint density at radius 1 is 1.10 bits per heavy atom. The molecule has 156 valence electrons. The van der Waals surface area contributed by atoms with E-state index >= 15 is 0 Å². The van der Waals surface area contributed by atoms with Crippen molar-refractivity contribution in [1.82, 2.24) is 14.9 Å². The molecule has 1 aliphatic heterocycles. The third kappa shape index (κ3) is 4.56. The Morgan fingerprint density at radius 3 is 2.45 bits per heavy atom. The van der Waals surface area contributed by atoms with Gasteiger partial charge in [0.25, 0.3) is 5.91 Å². The molecule has 0 bridgehead atoms. The second kappa shape index (κ2) is 9.40. The zero-order valence-corrected chi connectivity index (χ0v) is 17.7. The number of carbonyl (C=O) groups excluding carboxylic acids is 1. The van der Waals surface area contributed by atoms with Gasteiger partial charge in [0.05, 0.1) is 22.9 Å². The van der Waals surface area contributed by atoms with Crippen LogP contribution < -0.4 is 4.90 Å². The van der Waals surface area contributed by atoms with Crippen LogP contribution in [0.5, 0.6) is 0 Å². The summed E-state index contributed by atoms with van der Waals surface area (Å²) in [6, 6.07) is 19.3. The summed E-state index contributed by atoms with van der Waals surface area (Å²) in [5.41, 5.74) is 3.54. The minimum atomic E-state index is -0.0984. The van der Waals surface area contributed by atoms with Crippen LogP contribution in [0.15, 0.2) is 60.8 Å². The molecular formula is C25H25N5O. The van der Waals surface area contributed by atoms with Gasteiger partial charge in [0.2, 0.25) is 5.95 Å². The van der Waals surface area contributed by atoms with Crippen LogP contribution in [-0.2, 0) is 6.54 Å². The third-order valence-corrected chi connectivity index (χ3v) is 5.57. The number of carbonyl (C=O) groups is 1. The van der Waals surface area contributed by atoms with Gasteiger partial charge >= 0.3 is 0 Å². The van der Waals surface area contributed by atoms with Gasteiger partial charge in [-0.1, -0.05) is 42.5 Å². The maximum atomic E-state index is 13.5. The lowest BCUT2D eigenvalue weighted by atomic mass is 10.0. The highest BCUT2D eigenvalue weighted by molar-refractivity contribution is 5.99. The molecule has 3 aromatic rings. The number of nitrogens with zero attached hydrogens (tertiary/aromatic N) is 5. The van der Waals surface area contributed by atoms with E-state index in [4.69, 9.17) is 10.2 Å². The number of nitriles is 1. The molecule has 2 aromatic carbocycles. The van der Waals surface area contributed by atoms with Crippen LogP contribution in [0.4, 0.5) is 5.95 Å². The van der Waals surface area contributed by atoms with Crippen molar-refractivity contribution in [2.45, 2.75) is 26.3 Å². The molecule has 0 saturated carbocycles. The Hall–Kier alpha value is -3.72. The van der Waals surface area contributed by atoms with Gasteiger partial charge in [0.15, 0.2) is 0 Å². The fourth-order valence-electron chi connectivity index (χ4n) is 3.82. The van der Waals surface area contributed by atoms with Crippen LogP contribution in [-0.4, -0.2) is 40.4 Å². The zero-order valence-electron chi connectivity index (χ0n) is 17.7. The summed E-state index contributed by atoms with van der Waals surface area (Å²) in [7, 11) is 0. The van der Waals surface area contributed by atoms with Gasteiger partial charge in [-0.3, -0.25) is 4.79 Å². The van der Waals surface area contributed by atoms with E-state index in [0.29, 0.717) is 35.9 Å². The van der Waals surface area contributed by atoms with Crippen LogP contribution in [0.25, 0.3) is 11.3 Å². The highest BCUT2D eigenvalue weighted by Crippen LogP contribution is 2.27. The van der Waals surface area contributed by atoms with Gasteiger partial charge in [0, 0.05) is 37.9 Å². The van der Waals surface area contributed by atoms with Crippen molar-refractivity contribution in [2.75, 3.05) is 24.5 Å². The highest BCUT2D eigenvalue weighted by atomic mass is 16.2. The number of rotatable bonds is 6. The Bertz CT molecular complexity index is 1080. The van der Waals surface area contributed by atoms with E-state index in [1.807, 2.05) is 49.4 Å². The van der Waals surface area contributed by atoms with E-state index < -0.39 is 0 Å². The molecule has 6 heteroatoms. The molecular weight excluding hydrogens is 386 g/mol. The van der Waals surface area contributed by atoms with E-state index in [-0.39, 0.29) is 5.91 Å². The summed E-state index contributed by atoms with van der Waals surface area (Å²) in [6.07, 6.45) is 3.90. The Balaban J connectivity index is 1.72. The molecule has 1 saturated heterocycles. The van der Waals surface area contributed by atoms with Crippen molar-refractivity contribution in [3.63, 3.8) is 0 Å². The minimum absolute atomic E-state index is 0.0984. The monoisotopic (exact) mass is 411 g/mol. The van der Waals surface area contributed by atoms with Crippen molar-refractivity contribution in [1.29, 1.82) is 5.26 Å². The Labute approximate surface area is 182 Å². The molecule has 0 spiro atoms. The molecule has 0 N–H and O–H groups in total. The largest absolute Gasteiger partial charge is 0.341 e. The second-order valence-corrected chi connectivity index (χ2v) is 7.62. The average Bonchev–Trinajstić information content (AvgIpc) is 3.37. The van der Waals surface area contributed by atoms with Gasteiger partial charge in [0.1, 0.15) is 0 Å². The molecule has 31 heavy (non-hydrogen) atoms. The maximum absolute atomic E-state index is 13.5. The summed E-state index contributed by atoms with van der Waals surface area (Å²) in [6.45, 7) is 4.93. The van der Waals surface area contributed by atoms with Gasteiger partial charge in [-0.2, -0.15) is 5.26 Å². The predicted octanol–water partition coefficient (Wildman–Crippen LogP) is 4.28. The highest BCUT2D eigenvalue weighted by Gasteiger charge is 2.23. The maximum Gasteiger partial charge on any atom is 0.257 e. The normalized spacial score (nSPS) is 13.1. The first-order valence-electron chi connectivity index (χ1n) is 10.7. The Morgan fingerprint density at radius 2 is 1.81 bits per heavy atom. The molecule has 1 aliphatic rings. The summed E-state index contributed by atoms with van der Waals surface area (Å²) in [4.78, 5) is 26.8. The van der Waals surface area contributed by atoms with Crippen LogP contribution in [0.1, 0.15) is 41.3 Å². The van der Waals surface area contributed by atoms with Crippen molar-refractivity contribution in [3.8, 4) is 17.3 Å². The summed E-state index contributed by atoms with van der Waals surface area (Å²) < 4.78 is 0. The molecule has 0 aliphatic carbocycles. The van der Waals surface area contributed by atoms with Crippen molar-refractivity contribution < 1.29 is 4.79 Å². The standard InChI is InChI=1S/C25H25N5O/c1-2-29(18-20-8-4-3-5-9-20)24(31)22-17-27-25(30-14-6-7-15-30)28-23(22)21-12-10-19(16-26)11-13-21/h3-5,8-13,17H,2,6-7,14-15,18H2,1H3. The summed E-state index contributed by atoms with van der Waals surface area (Å²) in [5, 5.41) is 9.13. The third-order valence-electron chi connectivity index (χ3n) is 5.57. The second-order valence-electron chi connectivity index (χ2n) is 7.62. The quantitative estimate of drug-likeness (QED) is 0.605. The average molecular weight is 412 g/mol. The van der Waals surface area contributed by atoms with Crippen LogP contribution in [0.2, 0.25) is 0 Å². The van der Waals surface area contributed by atoms with E-state index in [0.717, 1.165) is 37.1 Å². The van der Waals surface area contributed by atoms with E-state index in [2.05, 4.69) is 16.0 Å². The molecule has 0 radical (unpaired) electrons. The number of amides is 1. The van der Waals surface area contributed by atoms with Gasteiger partial charge in [-0.25, -0.2) is 9.97 Å². The molecule has 1 amide bonds. The number of hydrogen-bond donors (Lipinski definition) is 0. The zero-order chi connectivity index (χ0) is 21.6. The van der Waals surface area contributed by atoms with Crippen LogP contribution in [0, 0.1) is 11.3 Å². The topological polar surface area (TPSA) is 73.1 Å². The smallest absolute Gasteiger partial charge is 0.257 e.